The van der Waals surface area contributed by atoms with Crippen LogP contribution in [0.15, 0.2) is 140 Å². The molecular weight excluding hydrogens is 1160 g/mol. The highest BCUT2D eigenvalue weighted by molar-refractivity contribution is 6.04. The van der Waals surface area contributed by atoms with Crippen LogP contribution in [0.2, 0.25) is 0 Å². The lowest BCUT2D eigenvalue weighted by Gasteiger charge is -2.38. The first-order valence-electron chi connectivity index (χ1n) is 28.9. The number of pyridine rings is 2. The van der Waals surface area contributed by atoms with Crippen molar-refractivity contribution in [3.05, 3.63) is 213 Å². The Morgan fingerprint density at radius 2 is 1.11 bits per heavy atom. The van der Waals surface area contributed by atoms with Gasteiger partial charge in [0.05, 0.1) is 45.6 Å². The molecule has 8 aromatic rings. The maximum absolute atomic E-state index is 16.1. The highest BCUT2D eigenvalue weighted by Crippen LogP contribution is 2.45. The van der Waals surface area contributed by atoms with Crippen molar-refractivity contribution < 1.29 is 54.3 Å². The van der Waals surface area contributed by atoms with E-state index in [-0.39, 0.29) is 47.2 Å². The smallest absolute Gasteiger partial charge is 0.343 e. The predicted octanol–water partition coefficient (Wildman–Crippen LogP) is 12.3. The number of carbonyl (C=O) groups is 4. The summed E-state index contributed by atoms with van der Waals surface area (Å²) in [5.74, 6) is -4.29. The SMILES string of the molecule is CC(=O)NC(CCC1CC1)(c1cccnc1)c1ccc(F)c(NC(=O)c2cc(C(F)(F)F)nn2-c2cccc(C(N)c3ccc(C(CCC4CC4)(NC(=O)C(C)(C)C)c4ccc(F)c(NC(=O)c5cc(C(F)(F)F)nn5-c5cccc(CN)c5)c4)cn3)c2)c1. The lowest BCUT2D eigenvalue weighted by molar-refractivity contribution is -0.142. The summed E-state index contributed by atoms with van der Waals surface area (Å²) in [6.45, 7) is 6.47. The fraction of sp³-hybridized carbons (Fsp3) is 0.323. The number of nitrogens with two attached hydrogens (primary N) is 2. The molecule has 3 unspecified atom stereocenters. The van der Waals surface area contributed by atoms with Crippen molar-refractivity contribution in [3.8, 4) is 11.4 Å². The molecule has 2 aliphatic rings. The van der Waals surface area contributed by atoms with Gasteiger partial charge < -0.3 is 32.7 Å². The van der Waals surface area contributed by atoms with Crippen LogP contribution in [0, 0.1) is 28.9 Å². The monoisotopic (exact) mass is 1230 g/mol. The summed E-state index contributed by atoms with van der Waals surface area (Å²) in [6.07, 6.45) is 0.330. The van der Waals surface area contributed by atoms with Gasteiger partial charge in [0.1, 0.15) is 23.0 Å². The molecule has 4 aromatic heterocycles. The third-order valence-corrected chi connectivity index (χ3v) is 16.1. The van der Waals surface area contributed by atoms with Gasteiger partial charge in [0.25, 0.3) is 11.8 Å². The summed E-state index contributed by atoms with van der Waals surface area (Å²) in [5.41, 5.74) is 6.92. The second kappa shape index (κ2) is 24.8. The molecule has 0 aliphatic heterocycles. The van der Waals surface area contributed by atoms with E-state index in [0.717, 1.165) is 47.2 Å². The van der Waals surface area contributed by atoms with Crippen molar-refractivity contribution >= 4 is 35.0 Å². The van der Waals surface area contributed by atoms with E-state index < -0.39 is 98.6 Å². The highest BCUT2D eigenvalue weighted by atomic mass is 19.4. The molecule has 4 aromatic carbocycles. The van der Waals surface area contributed by atoms with E-state index >= 15 is 8.78 Å². The molecule has 0 saturated heterocycles. The zero-order valence-electron chi connectivity index (χ0n) is 48.9. The number of alkyl halides is 6. The Hall–Kier alpha value is -9.16. The van der Waals surface area contributed by atoms with Crippen LogP contribution in [0.4, 0.5) is 46.5 Å². The lowest BCUT2D eigenvalue weighted by atomic mass is 9.77. The molecule has 2 saturated carbocycles. The molecule has 4 amide bonds. The molecule has 2 fully saturated rings. The van der Waals surface area contributed by atoms with E-state index in [2.05, 4.69) is 36.4 Å². The summed E-state index contributed by atoms with van der Waals surface area (Å²) >= 11 is 0. The van der Waals surface area contributed by atoms with Crippen molar-refractivity contribution in [2.75, 3.05) is 10.6 Å². The molecule has 0 bridgehead atoms. The zero-order valence-corrected chi connectivity index (χ0v) is 48.9. The number of rotatable bonds is 21. The number of nitrogens with zero attached hydrogens (tertiary/aromatic N) is 6. The molecule has 8 N–H and O–H groups in total. The number of benzene rings is 4. The van der Waals surface area contributed by atoms with E-state index in [1.54, 1.807) is 69.6 Å². The number of halogens is 8. The molecule has 464 valence electrons. The van der Waals surface area contributed by atoms with Gasteiger partial charge in [-0.05, 0) is 120 Å². The number of amides is 4. The van der Waals surface area contributed by atoms with Gasteiger partial charge >= 0.3 is 12.4 Å². The second-order valence-electron chi connectivity index (χ2n) is 23.8. The number of aromatic nitrogens is 6. The van der Waals surface area contributed by atoms with E-state index in [4.69, 9.17) is 16.5 Å². The van der Waals surface area contributed by atoms with Crippen LogP contribution in [0.1, 0.15) is 157 Å². The van der Waals surface area contributed by atoms with Gasteiger partial charge in [0, 0.05) is 60.7 Å². The molecule has 4 heterocycles. The molecule has 2 aliphatic carbocycles. The minimum Gasteiger partial charge on any atom is -0.343 e. The fourth-order valence-electron chi connectivity index (χ4n) is 10.9. The number of hydrogen-bond acceptors (Lipinski definition) is 10. The van der Waals surface area contributed by atoms with Gasteiger partial charge in [-0.2, -0.15) is 36.5 Å². The lowest BCUT2D eigenvalue weighted by Crippen LogP contribution is -2.50. The van der Waals surface area contributed by atoms with Crippen LogP contribution in [-0.2, 0) is 39.6 Å². The Balaban J connectivity index is 0.974. The first-order valence-corrected chi connectivity index (χ1v) is 28.9. The number of anilines is 2. The van der Waals surface area contributed by atoms with Crippen molar-refractivity contribution in [2.45, 2.75) is 115 Å². The zero-order chi connectivity index (χ0) is 63.8. The van der Waals surface area contributed by atoms with E-state index in [1.807, 2.05) is 0 Å². The summed E-state index contributed by atoms with van der Waals surface area (Å²) in [7, 11) is 0. The minimum absolute atomic E-state index is 0.0342. The van der Waals surface area contributed by atoms with Crippen LogP contribution < -0.4 is 32.7 Å². The fourth-order valence-corrected chi connectivity index (χ4v) is 10.9. The van der Waals surface area contributed by atoms with Crippen molar-refractivity contribution in [1.82, 2.24) is 40.2 Å². The molecule has 3 atom stereocenters. The number of hydrogen-bond donors (Lipinski definition) is 6. The molecule has 89 heavy (non-hydrogen) atoms. The number of carbonyl (C=O) groups excluding carboxylic acids is 4. The molecule has 24 heteroatoms. The van der Waals surface area contributed by atoms with Crippen LogP contribution in [0.5, 0.6) is 0 Å². The van der Waals surface area contributed by atoms with Crippen LogP contribution in [0.3, 0.4) is 0 Å². The van der Waals surface area contributed by atoms with Gasteiger partial charge in [0.15, 0.2) is 11.4 Å². The summed E-state index contributed by atoms with van der Waals surface area (Å²) < 4.78 is 120. The van der Waals surface area contributed by atoms with Crippen LogP contribution in [-0.4, -0.2) is 53.2 Å². The molecular formula is C65H64F8N12O4. The Labute approximate surface area is 506 Å². The van der Waals surface area contributed by atoms with Gasteiger partial charge in [0.2, 0.25) is 11.8 Å². The van der Waals surface area contributed by atoms with Gasteiger partial charge in [-0.15, -0.1) is 0 Å². The van der Waals surface area contributed by atoms with Gasteiger partial charge in [-0.3, -0.25) is 29.1 Å². The Kier molecular flexibility index (Phi) is 17.5. The predicted molar refractivity (Wildman–Crippen MR) is 315 cm³/mol. The summed E-state index contributed by atoms with van der Waals surface area (Å²) in [4.78, 5) is 64.6. The van der Waals surface area contributed by atoms with Crippen molar-refractivity contribution in [1.29, 1.82) is 0 Å². The summed E-state index contributed by atoms with van der Waals surface area (Å²) in [5, 5.41) is 18.6. The molecule has 16 nitrogen and oxygen atoms in total. The topological polar surface area (TPSA) is 230 Å². The van der Waals surface area contributed by atoms with Crippen LogP contribution >= 0.6 is 0 Å². The van der Waals surface area contributed by atoms with Gasteiger partial charge in [-0.1, -0.05) is 95.0 Å². The third kappa shape index (κ3) is 13.9. The Bertz CT molecular complexity index is 3950. The average molecular weight is 1230 g/mol. The normalized spacial score (nSPS) is 15.3. The first-order chi connectivity index (χ1) is 42.1. The van der Waals surface area contributed by atoms with Crippen LogP contribution in [0.25, 0.3) is 11.4 Å². The highest BCUT2D eigenvalue weighted by Gasteiger charge is 2.43. The van der Waals surface area contributed by atoms with E-state index in [9.17, 15) is 45.5 Å². The van der Waals surface area contributed by atoms with Gasteiger partial charge in [-0.25, -0.2) is 18.1 Å². The van der Waals surface area contributed by atoms with E-state index in [0.29, 0.717) is 65.1 Å². The average Bonchev–Trinajstić information content (AvgIpc) is 2.10. The number of nitrogens with one attached hydrogen (secondary N) is 4. The van der Waals surface area contributed by atoms with Crippen molar-refractivity contribution in [2.24, 2.45) is 28.7 Å². The van der Waals surface area contributed by atoms with E-state index in [1.165, 1.54) is 73.8 Å². The largest absolute Gasteiger partial charge is 0.435 e. The second-order valence-corrected chi connectivity index (χ2v) is 23.8. The van der Waals surface area contributed by atoms with Crippen molar-refractivity contribution in [3.63, 3.8) is 0 Å². The molecule has 0 radical (unpaired) electrons. The summed E-state index contributed by atoms with van der Waals surface area (Å²) in [6, 6.07) is 26.3. The standard InChI is InChI=1S/C65H64F8N12O4/c1-37(86)80-62(25-23-38-13-14-38,44-10-7-27-76-35-44)42-17-20-48(66)51(30-42)78-59(88)54-33-56(65(71,72)73)83-85(54)47-12-6-9-41(29-47)57(75)50-22-19-45(36-77-50)63(26-24-39-15-16-39,81-60(89)61(2,3)4)43-18-21-49(67)52(31-43)79-58(87)53-32-55(64(68,69)70)82-84(53)46-11-5-8-40(28-46)34-74/h5-12,17-22,27-33,35-36,38-39,57H,13-16,23-26,34,74-75H2,1-4H3,(H,78,88)(H,79,87)(H,80,86)(H,81,89). The Morgan fingerprint density at radius 3 is 1.57 bits per heavy atom. The first kappa shape index (κ1) is 62.9. The maximum Gasteiger partial charge on any atom is 0.435 e. The quantitative estimate of drug-likeness (QED) is 0.0373. The minimum atomic E-state index is -5.04. The third-order valence-electron chi connectivity index (χ3n) is 16.1. The molecule has 0 spiro atoms. The maximum atomic E-state index is 16.1. The molecule has 10 rings (SSSR count). The Morgan fingerprint density at radius 1 is 0.607 bits per heavy atom.